The SMILES string of the molecule is CS(=O)(=O)N1C=CC([CH]C(N)=O)=CC1. The molecule has 5 nitrogen and oxygen atoms in total. The number of primary amides is 1. The minimum Gasteiger partial charge on any atom is -0.369 e. The molecule has 14 heavy (non-hydrogen) atoms. The van der Waals surface area contributed by atoms with Crippen molar-refractivity contribution in [3.63, 3.8) is 0 Å². The van der Waals surface area contributed by atoms with E-state index in [0.717, 1.165) is 6.26 Å². The fourth-order valence-electron chi connectivity index (χ4n) is 1.01. The summed E-state index contributed by atoms with van der Waals surface area (Å²) >= 11 is 0. The van der Waals surface area contributed by atoms with Gasteiger partial charge in [0.05, 0.1) is 19.2 Å². The number of nitrogens with two attached hydrogens (primary N) is 1. The molecule has 1 radical (unpaired) electrons. The number of rotatable bonds is 3. The van der Waals surface area contributed by atoms with E-state index in [2.05, 4.69) is 0 Å². The Kier molecular flexibility index (Phi) is 2.95. The van der Waals surface area contributed by atoms with Crippen molar-refractivity contribution in [2.75, 3.05) is 12.8 Å². The monoisotopic (exact) mass is 215 g/mol. The first-order valence-electron chi connectivity index (χ1n) is 3.89. The number of nitrogens with zero attached hydrogens (tertiary/aromatic N) is 1. The van der Waals surface area contributed by atoms with Gasteiger partial charge in [0.25, 0.3) is 0 Å². The van der Waals surface area contributed by atoms with Crippen LogP contribution >= 0.6 is 0 Å². The van der Waals surface area contributed by atoms with Crippen molar-refractivity contribution in [2.24, 2.45) is 5.73 Å². The van der Waals surface area contributed by atoms with Crippen LogP contribution in [0.2, 0.25) is 0 Å². The smallest absolute Gasteiger partial charge is 0.232 e. The van der Waals surface area contributed by atoms with E-state index in [0.29, 0.717) is 5.57 Å². The van der Waals surface area contributed by atoms with E-state index < -0.39 is 15.9 Å². The third kappa shape index (κ3) is 2.88. The zero-order valence-corrected chi connectivity index (χ0v) is 8.49. The first kappa shape index (κ1) is 10.8. The van der Waals surface area contributed by atoms with Gasteiger partial charge in [0.1, 0.15) is 0 Å². The average molecular weight is 215 g/mol. The van der Waals surface area contributed by atoms with Gasteiger partial charge in [0.15, 0.2) is 0 Å². The second-order valence-corrected chi connectivity index (χ2v) is 4.83. The molecule has 1 rings (SSSR count). The Morgan fingerprint density at radius 1 is 1.64 bits per heavy atom. The van der Waals surface area contributed by atoms with Crippen LogP contribution < -0.4 is 5.73 Å². The van der Waals surface area contributed by atoms with Crippen LogP contribution in [-0.4, -0.2) is 31.4 Å². The molecule has 77 valence electrons. The molecule has 0 unspecified atom stereocenters. The van der Waals surface area contributed by atoms with Gasteiger partial charge in [-0.3, -0.25) is 9.10 Å². The Balaban J connectivity index is 2.67. The molecule has 1 aliphatic rings. The molecule has 6 heteroatoms. The predicted octanol–water partition coefficient (Wildman–Crippen LogP) is -0.609. The molecular weight excluding hydrogens is 204 g/mol. The van der Waals surface area contributed by atoms with Crippen LogP contribution in [0.5, 0.6) is 0 Å². The number of hydrogen-bond acceptors (Lipinski definition) is 3. The third-order valence-corrected chi connectivity index (χ3v) is 2.80. The molecule has 2 N–H and O–H groups in total. The fourth-order valence-corrected chi connectivity index (χ4v) is 1.64. The molecule has 0 aromatic heterocycles. The van der Waals surface area contributed by atoms with Crippen molar-refractivity contribution in [3.8, 4) is 0 Å². The van der Waals surface area contributed by atoms with Gasteiger partial charge in [0, 0.05) is 6.20 Å². The predicted molar refractivity (Wildman–Crippen MR) is 52.3 cm³/mol. The van der Waals surface area contributed by atoms with E-state index in [4.69, 9.17) is 5.73 Å². The van der Waals surface area contributed by atoms with Gasteiger partial charge in [-0.25, -0.2) is 8.42 Å². The molecule has 0 fully saturated rings. The first-order chi connectivity index (χ1) is 6.39. The van der Waals surface area contributed by atoms with E-state index in [1.54, 1.807) is 6.08 Å². The minimum atomic E-state index is -3.21. The lowest BCUT2D eigenvalue weighted by Crippen LogP contribution is -2.27. The Hall–Kier alpha value is -1.30. The van der Waals surface area contributed by atoms with Crippen LogP contribution in [0.1, 0.15) is 0 Å². The Labute approximate surface area is 82.9 Å². The molecule has 0 saturated carbocycles. The highest BCUT2D eigenvalue weighted by atomic mass is 32.2. The van der Waals surface area contributed by atoms with Crippen molar-refractivity contribution in [1.82, 2.24) is 4.31 Å². The van der Waals surface area contributed by atoms with Gasteiger partial charge in [-0.15, -0.1) is 0 Å². The summed E-state index contributed by atoms with van der Waals surface area (Å²) in [6.45, 7) is 0.231. The molecule has 0 atom stereocenters. The number of carbonyl (C=O) groups excluding carboxylic acids is 1. The van der Waals surface area contributed by atoms with Crippen LogP contribution in [-0.2, 0) is 14.8 Å². The lowest BCUT2D eigenvalue weighted by Gasteiger charge is -2.19. The van der Waals surface area contributed by atoms with Crippen molar-refractivity contribution in [1.29, 1.82) is 0 Å². The van der Waals surface area contributed by atoms with Crippen molar-refractivity contribution in [3.05, 3.63) is 30.3 Å². The molecule has 0 aliphatic carbocycles. The second kappa shape index (κ2) is 3.83. The van der Waals surface area contributed by atoms with Gasteiger partial charge < -0.3 is 5.73 Å². The maximum absolute atomic E-state index is 11.1. The largest absolute Gasteiger partial charge is 0.369 e. The quantitative estimate of drug-likeness (QED) is 0.682. The molecule has 0 aromatic rings. The van der Waals surface area contributed by atoms with Crippen LogP contribution in [0.15, 0.2) is 23.9 Å². The fraction of sp³-hybridized carbons (Fsp3) is 0.250. The molecule has 0 aromatic carbocycles. The van der Waals surface area contributed by atoms with Crippen LogP contribution in [0.3, 0.4) is 0 Å². The summed E-state index contributed by atoms with van der Waals surface area (Å²) in [6, 6.07) is 0. The minimum absolute atomic E-state index is 0.231. The Bertz CT molecular complexity index is 395. The topological polar surface area (TPSA) is 80.5 Å². The van der Waals surface area contributed by atoms with Crippen LogP contribution in [0.4, 0.5) is 0 Å². The van der Waals surface area contributed by atoms with Gasteiger partial charge >= 0.3 is 0 Å². The van der Waals surface area contributed by atoms with Gasteiger partial charge in [-0.1, -0.05) is 6.08 Å². The van der Waals surface area contributed by atoms with Crippen LogP contribution in [0.25, 0.3) is 0 Å². The first-order valence-corrected chi connectivity index (χ1v) is 5.74. The summed E-state index contributed by atoms with van der Waals surface area (Å²) in [5.74, 6) is -0.547. The second-order valence-electron chi connectivity index (χ2n) is 2.90. The molecule has 1 aliphatic heterocycles. The van der Waals surface area contributed by atoms with Crippen molar-refractivity contribution < 1.29 is 13.2 Å². The summed E-state index contributed by atoms with van der Waals surface area (Å²) in [5.41, 5.74) is 5.57. The number of hydrogen-bond donors (Lipinski definition) is 1. The summed E-state index contributed by atoms with van der Waals surface area (Å²) in [6.07, 6.45) is 6.91. The molecular formula is C8H11N2O3S. The average Bonchev–Trinajstić information content (AvgIpc) is 2.02. The number of amides is 1. The lowest BCUT2D eigenvalue weighted by atomic mass is 10.1. The number of allylic oxidation sites excluding steroid dienone is 1. The summed E-state index contributed by atoms with van der Waals surface area (Å²) in [7, 11) is -3.21. The summed E-state index contributed by atoms with van der Waals surface area (Å²) in [4.78, 5) is 10.5. The van der Waals surface area contributed by atoms with E-state index in [1.165, 1.54) is 23.0 Å². The molecule has 0 bridgehead atoms. The van der Waals surface area contributed by atoms with E-state index >= 15 is 0 Å². The third-order valence-electron chi connectivity index (χ3n) is 1.68. The van der Waals surface area contributed by atoms with Gasteiger partial charge in [0.2, 0.25) is 15.9 Å². The standard InChI is InChI=1S/C8H11N2O3S/c1-14(12,13)10-4-2-7(3-5-10)6-8(9)11/h2-4,6H,5H2,1H3,(H2,9,11). The van der Waals surface area contributed by atoms with Gasteiger partial charge in [-0.05, 0) is 11.6 Å². The lowest BCUT2D eigenvalue weighted by molar-refractivity contribution is -0.114. The summed E-state index contributed by atoms with van der Waals surface area (Å²) < 4.78 is 23.3. The van der Waals surface area contributed by atoms with Crippen molar-refractivity contribution in [2.45, 2.75) is 0 Å². The van der Waals surface area contributed by atoms with E-state index in [1.807, 2.05) is 0 Å². The Morgan fingerprint density at radius 3 is 2.64 bits per heavy atom. The normalized spacial score (nSPS) is 16.6. The maximum Gasteiger partial charge on any atom is 0.232 e. The van der Waals surface area contributed by atoms with E-state index in [9.17, 15) is 13.2 Å². The maximum atomic E-state index is 11.1. The number of sulfonamides is 1. The highest BCUT2D eigenvalue weighted by molar-refractivity contribution is 7.88. The van der Waals surface area contributed by atoms with E-state index in [-0.39, 0.29) is 6.54 Å². The summed E-state index contributed by atoms with van der Waals surface area (Å²) in [5, 5.41) is 0. The zero-order chi connectivity index (χ0) is 10.8. The highest BCUT2D eigenvalue weighted by Crippen LogP contribution is 2.11. The zero-order valence-electron chi connectivity index (χ0n) is 7.67. The molecule has 0 spiro atoms. The molecule has 0 saturated heterocycles. The van der Waals surface area contributed by atoms with Crippen LogP contribution in [0, 0.1) is 6.42 Å². The Morgan fingerprint density at radius 2 is 2.29 bits per heavy atom. The molecule has 1 heterocycles. The number of carbonyl (C=O) groups is 1. The van der Waals surface area contributed by atoms with Gasteiger partial charge in [-0.2, -0.15) is 0 Å². The highest BCUT2D eigenvalue weighted by Gasteiger charge is 2.14. The molecule has 1 amide bonds. The van der Waals surface area contributed by atoms with Crippen molar-refractivity contribution >= 4 is 15.9 Å².